The van der Waals surface area contributed by atoms with Crippen LogP contribution in [0.3, 0.4) is 0 Å². The number of thiazole rings is 1. The molecule has 0 unspecified atom stereocenters. The van der Waals surface area contributed by atoms with Crippen LogP contribution in [0.25, 0.3) is 22.4 Å². The molecule has 2 aromatic heterocycles. The molecule has 0 spiro atoms. The highest BCUT2D eigenvalue weighted by Crippen LogP contribution is 2.34. The zero-order valence-corrected chi connectivity index (χ0v) is 19.0. The van der Waals surface area contributed by atoms with Crippen LogP contribution in [0.2, 0.25) is 0 Å². The Bertz CT molecular complexity index is 1270. The molecule has 1 aliphatic rings. The van der Waals surface area contributed by atoms with E-state index in [1.165, 1.54) is 6.07 Å². The number of amides is 1. The number of benzene rings is 2. The number of piperidine rings is 1. The lowest BCUT2D eigenvalue weighted by Gasteiger charge is -2.33. The highest BCUT2D eigenvalue weighted by Gasteiger charge is 2.28. The molecule has 4 aromatic rings. The van der Waals surface area contributed by atoms with E-state index in [0.717, 1.165) is 50.8 Å². The second-order valence-corrected chi connectivity index (χ2v) is 9.74. The van der Waals surface area contributed by atoms with Crippen LogP contribution >= 0.6 is 11.3 Å². The average molecular weight is 449 g/mol. The van der Waals surface area contributed by atoms with Crippen molar-refractivity contribution in [1.29, 1.82) is 0 Å². The summed E-state index contributed by atoms with van der Waals surface area (Å²) in [6.07, 6.45) is 1.97. The van der Waals surface area contributed by atoms with E-state index < -0.39 is 0 Å². The maximum Gasteiger partial charge on any atom is 0.228 e. The van der Waals surface area contributed by atoms with Crippen molar-refractivity contribution >= 4 is 28.3 Å². The van der Waals surface area contributed by atoms with Gasteiger partial charge in [0.1, 0.15) is 11.6 Å². The highest BCUT2D eigenvalue weighted by atomic mass is 32.1. The first kappa shape index (κ1) is 20.8. The summed E-state index contributed by atoms with van der Waals surface area (Å²) in [4.78, 5) is 25.3. The lowest BCUT2D eigenvalue weighted by Crippen LogP contribution is -2.40. The van der Waals surface area contributed by atoms with E-state index in [-0.39, 0.29) is 17.8 Å². The van der Waals surface area contributed by atoms with Crippen molar-refractivity contribution in [2.75, 3.05) is 13.1 Å². The van der Waals surface area contributed by atoms with Gasteiger partial charge in [0.15, 0.2) is 0 Å². The van der Waals surface area contributed by atoms with Gasteiger partial charge < -0.3 is 9.47 Å². The molecule has 5 rings (SSSR count). The third-order valence-corrected chi connectivity index (χ3v) is 7.11. The standard InChI is InChI=1S/C25H25FN4OS/c1-16-22(27-17(2)32-16)15-24(31)29-12-10-20(11-13-29)30-23-14-19(26)8-9-21(23)28-25(30)18-6-4-3-5-7-18/h3-9,14,20H,10-13,15H2,1-2H3. The van der Waals surface area contributed by atoms with E-state index in [9.17, 15) is 9.18 Å². The number of carbonyl (C=O) groups is 1. The second-order valence-electron chi connectivity index (χ2n) is 8.33. The fraction of sp³-hybridized carbons (Fsp3) is 0.320. The molecular weight excluding hydrogens is 423 g/mol. The summed E-state index contributed by atoms with van der Waals surface area (Å²) in [5.74, 6) is 0.714. The second kappa shape index (κ2) is 8.47. The Hall–Kier alpha value is -3.06. The third kappa shape index (κ3) is 3.93. The van der Waals surface area contributed by atoms with Crippen LogP contribution in [-0.2, 0) is 11.2 Å². The van der Waals surface area contributed by atoms with Crippen molar-refractivity contribution < 1.29 is 9.18 Å². The van der Waals surface area contributed by atoms with Crippen LogP contribution in [0, 0.1) is 19.7 Å². The third-order valence-electron chi connectivity index (χ3n) is 6.18. The van der Waals surface area contributed by atoms with Gasteiger partial charge in [0, 0.05) is 29.6 Å². The number of carbonyl (C=O) groups excluding carboxylic acids is 1. The lowest BCUT2D eigenvalue weighted by atomic mass is 10.0. The Labute approximate surface area is 190 Å². The molecule has 0 bridgehead atoms. The summed E-state index contributed by atoms with van der Waals surface area (Å²) >= 11 is 1.64. The van der Waals surface area contributed by atoms with Gasteiger partial charge in [-0.2, -0.15) is 0 Å². The monoisotopic (exact) mass is 448 g/mol. The van der Waals surface area contributed by atoms with Gasteiger partial charge in [-0.25, -0.2) is 14.4 Å². The van der Waals surface area contributed by atoms with Gasteiger partial charge in [0.2, 0.25) is 5.91 Å². The van der Waals surface area contributed by atoms with E-state index in [1.807, 2.05) is 49.1 Å². The minimum absolute atomic E-state index is 0.127. The van der Waals surface area contributed by atoms with Crippen molar-refractivity contribution in [2.24, 2.45) is 0 Å². The Morgan fingerprint density at radius 2 is 1.84 bits per heavy atom. The largest absolute Gasteiger partial charge is 0.342 e. The molecule has 0 N–H and O–H groups in total. The van der Waals surface area contributed by atoms with Gasteiger partial charge in [-0.15, -0.1) is 11.3 Å². The smallest absolute Gasteiger partial charge is 0.228 e. The molecule has 3 heterocycles. The number of rotatable bonds is 4. The van der Waals surface area contributed by atoms with Crippen LogP contribution in [0.5, 0.6) is 0 Å². The summed E-state index contributed by atoms with van der Waals surface area (Å²) < 4.78 is 16.3. The molecule has 1 saturated heterocycles. The number of hydrogen-bond acceptors (Lipinski definition) is 4. The molecule has 0 aliphatic carbocycles. The molecule has 0 radical (unpaired) electrons. The average Bonchev–Trinajstić information content (AvgIpc) is 3.33. The van der Waals surface area contributed by atoms with Gasteiger partial charge in [-0.1, -0.05) is 30.3 Å². The molecular formula is C25H25FN4OS. The lowest BCUT2D eigenvalue weighted by molar-refractivity contribution is -0.131. The first-order valence-corrected chi connectivity index (χ1v) is 11.7. The predicted molar refractivity (Wildman–Crippen MR) is 125 cm³/mol. The predicted octanol–water partition coefficient (Wildman–Crippen LogP) is 5.32. The summed E-state index contributed by atoms with van der Waals surface area (Å²) in [7, 11) is 0. The minimum atomic E-state index is -0.264. The van der Waals surface area contributed by atoms with Gasteiger partial charge in [-0.3, -0.25) is 4.79 Å². The summed E-state index contributed by atoms with van der Waals surface area (Å²) in [5.41, 5.74) is 3.50. The molecule has 2 aromatic carbocycles. The fourth-order valence-electron chi connectivity index (χ4n) is 4.59. The van der Waals surface area contributed by atoms with E-state index in [1.54, 1.807) is 23.5 Å². The van der Waals surface area contributed by atoms with Gasteiger partial charge >= 0.3 is 0 Å². The number of hydrogen-bond donors (Lipinski definition) is 0. The topological polar surface area (TPSA) is 51.0 Å². The molecule has 164 valence electrons. The number of aromatic nitrogens is 3. The normalized spacial score (nSPS) is 14.9. The van der Waals surface area contributed by atoms with Crippen LogP contribution in [0.4, 0.5) is 4.39 Å². The molecule has 1 fully saturated rings. The zero-order chi connectivity index (χ0) is 22.2. The van der Waals surface area contributed by atoms with E-state index in [4.69, 9.17) is 4.98 Å². The van der Waals surface area contributed by atoms with Crippen LogP contribution in [0.1, 0.15) is 34.5 Å². The summed E-state index contributed by atoms with van der Waals surface area (Å²) in [6.45, 7) is 5.34. The number of imidazole rings is 1. The quantitative estimate of drug-likeness (QED) is 0.424. The molecule has 0 saturated carbocycles. The van der Waals surface area contributed by atoms with Crippen molar-refractivity contribution in [2.45, 2.75) is 39.2 Å². The number of halogens is 1. The fourth-order valence-corrected chi connectivity index (χ4v) is 5.43. The molecule has 1 amide bonds. The molecule has 32 heavy (non-hydrogen) atoms. The van der Waals surface area contributed by atoms with E-state index >= 15 is 0 Å². The Morgan fingerprint density at radius 3 is 2.53 bits per heavy atom. The van der Waals surface area contributed by atoms with Crippen molar-refractivity contribution in [3.05, 3.63) is 69.9 Å². The molecule has 5 nitrogen and oxygen atoms in total. The van der Waals surface area contributed by atoms with Gasteiger partial charge in [-0.05, 0) is 44.9 Å². The first-order chi connectivity index (χ1) is 15.5. The Morgan fingerprint density at radius 1 is 1.09 bits per heavy atom. The van der Waals surface area contributed by atoms with E-state index in [0.29, 0.717) is 19.5 Å². The van der Waals surface area contributed by atoms with Crippen molar-refractivity contribution in [1.82, 2.24) is 19.4 Å². The number of likely N-dealkylation sites (tertiary alicyclic amines) is 1. The van der Waals surface area contributed by atoms with Gasteiger partial charge in [0.05, 0.1) is 28.2 Å². The maximum atomic E-state index is 14.1. The number of nitrogens with zero attached hydrogens (tertiary/aromatic N) is 4. The zero-order valence-electron chi connectivity index (χ0n) is 18.2. The van der Waals surface area contributed by atoms with Crippen LogP contribution < -0.4 is 0 Å². The molecule has 0 atom stereocenters. The number of aryl methyl sites for hydroxylation is 2. The maximum absolute atomic E-state index is 14.1. The Balaban J connectivity index is 1.39. The first-order valence-electron chi connectivity index (χ1n) is 10.9. The van der Waals surface area contributed by atoms with Crippen molar-refractivity contribution in [3.63, 3.8) is 0 Å². The van der Waals surface area contributed by atoms with Crippen LogP contribution in [0.15, 0.2) is 48.5 Å². The Kier molecular flexibility index (Phi) is 5.51. The SMILES string of the molecule is Cc1nc(CC(=O)N2CCC(n3c(-c4ccccc4)nc4ccc(F)cc43)CC2)c(C)s1. The number of fused-ring (bicyclic) bond motifs is 1. The van der Waals surface area contributed by atoms with Crippen molar-refractivity contribution in [3.8, 4) is 11.4 Å². The minimum Gasteiger partial charge on any atom is -0.342 e. The summed E-state index contributed by atoms with van der Waals surface area (Å²) in [6, 6.07) is 14.9. The summed E-state index contributed by atoms with van der Waals surface area (Å²) in [5, 5.41) is 0.997. The van der Waals surface area contributed by atoms with Gasteiger partial charge in [0.25, 0.3) is 0 Å². The molecule has 7 heteroatoms. The van der Waals surface area contributed by atoms with Crippen LogP contribution in [-0.4, -0.2) is 38.4 Å². The van der Waals surface area contributed by atoms with E-state index in [2.05, 4.69) is 9.55 Å². The molecule has 1 aliphatic heterocycles. The highest BCUT2D eigenvalue weighted by molar-refractivity contribution is 7.11.